The number of hydrogen-bond acceptors (Lipinski definition) is 3. The third-order valence-electron chi connectivity index (χ3n) is 5.25. The van der Waals surface area contributed by atoms with Crippen LogP contribution in [0.4, 0.5) is 0 Å². The van der Waals surface area contributed by atoms with Crippen molar-refractivity contribution in [3.05, 3.63) is 57.6 Å². The minimum Gasteiger partial charge on any atom is -0.507 e. The summed E-state index contributed by atoms with van der Waals surface area (Å²) in [5.74, 6) is 0.422. The minimum atomic E-state index is -0.217. The number of aliphatic hydroxyl groups excluding tert-OH is 1. The van der Waals surface area contributed by atoms with E-state index in [1.807, 2.05) is 38.1 Å². The van der Waals surface area contributed by atoms with Crippen molar-refractivity contribution in [2.75, 3.05) is 6.61 Å². The van der Waals surface area contributed by atoms with Crippen LogP contribution in [0.2, 0.25) is 0 Å². The van der Waals surface area contributed by atoms with Crippen LogP contribution in [-0.2, 0) is 10.8 Å². The zero-order valence-electron chi connectivity index (χ0n) is 17.9. The Balaban J connectivity index is 2.69. The fourth-order valence-corrected chi connectivity index (χ4v) is 3.56. The van der Waals surface area contributed by atoms with E-state index < -0.39 is 0 Å². The van der Waals surface area contributed by atoms with Crippen molar-refractivity contribution in [2.24, 2.45) is 0 Å². The van der Waals surface area contributed by atoms with Crippen LogP contribution >= 0.6 is 0 Å². The van der Waals surface area contributed by atoms with Gasteiger partial charge in [-0.1, -0.05) is 65.8 Å². The monoisotopic (exact) mass is 370 g/mol. The fourth-order valence-electron chi connectivity index (χ4n) is 3.56. The molecule has 0 radical (unpaired) electrons. The summed E-state index contributed by atoms with van der Waals surface area (Å²) in [4.78, 5) is 0. The molecule has 0 heterocycles. The first kappa shape index (κ1) is 21.3. The molecule has 0 atom stereocenters. The standard InChI is InChI=1S/C24H34O3/c1-14-9-16(11-19(21(14)26)23(3,4)5)18(13-25)17-10-15(2)22(27)20(12-17)24(6,7)8/h9-12,18,25-27H,13H2,1-8H3. The molecule has 2 aromatic rings. The van der Waals surface area contributed by atoms with E-state index >= 15 is 0 Å². The van der Waals surface area contributed by atoms with Crippen molar-refractivity contribution in [3.63, 3.8) is 0 Å². The molecule has 3 heteroatoms. The smallest absolute Gasteiger partial charge is 0.122 e. The molecule has 0 unspecified atom stereocenters. The lowest BCUT2D eigenvalue weighted by Gasteiger charge is -2.27. The van der Waals surface area contributed by atoms with Crippen molar-refractivity contribution in [1.82, 2.24) is 0 Å². The highest BCUT2D eigenvalue weighted by Gasteiger charge is 2.26. The Kier molecular flexibility index (Phi) is 5.68. The molecule has 0 amide bonds. The third-order valence-corrected chi connectivity index (χ3v) is 5.25. The fraction of sp³-hybridized carbons (Fsp3) is 0.500. The zero-order valence-corrected chi connectivity index (χ0v) is 17.9. The van der Waals surface area contributed by atoms with Crippen LogP contribution in [0.5, 0.6) is 11.5 Å². The van der Waals surface area contributed by atoms with Crippen LogP contribution < -0.4 is 0 Å². The van der Waals surface area contributed by atoms with Gasteiger partial charge in [0, 0.05) is 5.92 Å². The predicted molar refractivity (Wildman–Crippen MR) is 112 cm³/mol. The Morgan fingerprint density at radius 2 is 1.04 bits per heavy atom. The molecular formula is C24H34O3. The minimum absolute atomic E-state index is 0.0401. The van der Waals surface area contributed by atoms with Gasteiger partial charge in [0.2, 0.25) is 0 Å². The molecule has 0 fully saturated rings. The molecule has 0 aliphatic heterocycles. The van der Waals surface area contributed by atoms with Gasteiger partial charge in [-0.3, -0.25) is 0 Å². The lowest BCUT2D eigenvalue weighted by Crippen LogP contribution is -2.16. The molecule has 148 valence electrons. The van der Waals surface area contributed by atoms with Crippen molar-refractivity contribution in [3.8, 4) is 11.5 Å². The van der Waals surface area contributed by atoms with E-state index in [2.05, 4.69) is 41.5 Å². The number of phenols is 2. The molecule has 0 bridgehead atoms. The molecule has 0 spiro atoms. The Morgan fingerprint density at radius 1 is 0.704 bits per heavy atom. The molecule has 3 nitrogen and oxygen atoms in total. The number of aliphatic hydroxyl groups is 1. The highest BCUT2D eigenvalue weighted by Crippen LogP contribution is 2.40. The zero-order chi connectivity index (χ0) is 20.7. The first-order valence-corrected chi connectivity index (χ1v) is 9.56. The van der Waals surface area contributed by atoms with Crippen molar-refractivity contribution in [2.45, 2.75) is 72.1 Å². The van der Waals surface area contributed by atoms with E-state index in [1.165, 1.54) is 0 Å². The molecule has 0 aromatic heterocycles. The van der Waals surface area contributed by atoms with E-state index in [0.29, 0.717) is 11.5 Å². The van der Waals surface area contributed by atoms with Gasteiger partial charge in [0.1, 0.15) is 11.5 Å². The second-order valence-corrected chi connectivity index (χ2v) is 9.70. The van der Waals surface area contributed by atoms with Crippen molar-refractivity contribution in [1.29, 1.82) is 0 Å². The van der Waals surface area contributed by atoms with Gasteiger partial charge in [0.05, 0.1) is 6.61 Å². The third kappa shape index (κ3) is 4.30. The molecule has 0 aliphatic carbocycles. The molecule has 2 rings (SSSR count). The molecule has 0 saturated heterocycles. The van der Waals surface area contributed by atoms with Gasteiger partial charge in [-0.05, 0) is 58.1 Å². The second kappa shape index (κ2) is 7.20. The van der Waals surface area contributed by atoms with E-state index in [9.17, 15) is 15.3 Å². The number of hydrogen-bond donors (Lipinski definition) is 3. The van der Waals surface area contributed by atoms with Crippen LogP contribution in [0.3, 0.4) is 0 Å². The van der Waals surface area contributed by atoms with Gasteiger partial charge < -0.3 is 15.3 Å². The Labute approximate surface area is 163 Å². The summed E-state index contributed by atoms with van der Waals surface area (Å²) >= 11 is 0. The highest BCUT2D eigenvalue weighted by molar-refractivity contribution is 5.52. The molecule has 0 aliphatic rings. The maximum Gasteiger partial charge on any atom is 0.122 e. The summed E-state index contributed by atoms with van der Waals surface area (Å²) in [5.41, 5.74) is 4.92. The van der Waals surface area contributed by atoms with E-state index in [-0.39, 0.29) is 23.4 Å². The topological polar surface area (TPSA) is 60.7 Å². The SMILES string of the molecule is Cc1cc(C(CO)c2cc(C)c(O)c(C(C)(C)C)c2)cc(C(C)(C)C)c1O. The quantitative estimate of drug-likeness (QED) is 0.675. The first-order valence-electron chi connectivity index (χ1n) is 9.56. The Bertz CT molecular complexity index is 767. The van der Waals surface area contributed by atoms with Crippen LogP contribution in [0.15, 0.2) is 24.3 Å². The van der Waals surface area contributed by atoms with Gasteiger partial charge in [0.25, 0.3) is 0 Å². The van der Waals surface area contributed by atoms with E-state index in [0.717, 1.165) is 33.4 Å². The van der Waals surface area contributed by atoms with Crippen LogP contribution in [-0.4, -0.2) is 21.9 Å². The number of aromatic hydroxyl groups is 2. The second-order valence-electron chi connectivity index (χ2n) is 9.70. The number of aryl methyl sites for hydroxylation is 2. The molecule has 3 N–H and O–H groups in total. The lowest BCUT2D eigenvalue weighted by atomic mass is 9.79. The van der Waals surface area contributed by atoms with Crippen molar-refractivity contribution >= 4 is 0 Å². The number of rotatable bonds is 3. The van der Waals surface area contributed by atoms with Gasteiger partial charge in [0.15, 0.2) is 0 Å². The summed E-state index contributed by atoms with van der Waals surface area (Å²) in [7, 11) is 0. The molecule has 27 heavy (non-hydrogen) atoms. The maximum absolute atomic E-state index is 10.5. The molecular weight excluding hydrogens is 336 g/mol. The summed E-state index contributed by atoms with van der Waals surface area (Å²) < 4.78 is 0. The highest BCUT2D eigenvalue weighted by atomic mass is 16.3. The van der Waals surface area contributed by atoms with Gasteiger partial charge in [-0.2, -0.15) is 0 Å². The number of phenolic OH excluding ortho intramolecular Hbond substituents is 2. The average Bonchev–Trinajstić information content (AvgIpc) is 2.52. The average molecular weight is 371 g/mol. The predicted octanol–water partition coefficient (Wildman–Crippen LogP) is 5.43. The van der Waals surface area contributed by atoms with Crippen LogP contribution in [0.25, 0.3) is 0 Å². The van der Waals surface area contributed by atoms with Gasteiger partial charge in [-0.15, -0.1) is 0 Å². The first-order chi connectivity index (χ1) is 12.3. The Hall–Kier alpha value is -2.00. The number of benzene rings is 2. The van der Waals surface area contributed by atoms with Crippen LogP contribution in [0.1, 0.15) is 80.8 Å². The molecule has 0 saturated carbocycles. The lowest BCUT2D eigenvalue weighted by molar-refractivity contribution is 0.280. The summed E-state index contributed by atoms with van der Waals surface area (Å²) in [6.07, 6.45) is 0. The largest absolute Gasteiger partial charge is 0.507 e. The van der Waals surface area contributed by atoms with Crippen molar-refractivity contribution < 1.29 is 15.3 Å². The van der Waals surface area contributed by atoms with Gasteiger partial charge >= 0.3 is 0 Å². The Morgan fingerprint density at radius 3 is 1.30 bits per heavy atom. The van der Waals surface area contributed by atoms with Gasteiger partial charge in [-0.25, -0.2) is 0 Å². The van der Waals surface area contributed by atoms with E-state index in [4.69, 9.17) is 0 Å². The molecule has 2 aromatic carbocycles. The summed E-state index contributed by atoms with van der Waals surface area (Å²) in [6.45, 7) is 16.2. The maximum atomic E-state index is 10.5. The van der Waals surface area contributed by atoms with Crippen LogP contribution in [0, 0.1) is 13.8 Å². The summed E-state index contributed by atoms with van der Waals surface area (Å²) in [5, 5.41) is 31.3. The normalized spacial score (nSPS) is 12.7. The summed E-state index contributed by atoms with van der Waals surface area (Å²) in [6, 6.07) is 7.90. The van der Waals surface area contributed by atoms with E-state index in [1.54, 1.807) is 0 Å².